The first-order valence-electron chi connectivity index (χ1n) is 4.44. The van der Waals surface area contributed by atoms with Crippen molar-refractivity contribution >= 4 is 29.1 Å². The third-order valence-corrected chi connectivity index (χ3v) is 2.59. The van der Waals surface area contributed by atoms with Gasteiger partial charge >= 0.3 is 0 Å². The molecular formula is C10H8Cl2N2O2. The molecule has 0 saturated heterocycles. The quantitative estimate of drug-likeness (QED) is 0.919. The minimum atomic E-state index is 0.257. The maximum atomic E-state index is 5.83. The Balaban J connectivity index is 2.02. The Morgan fingerprint density at radius 2 is 2.06 bits per heavy atom. The van der Waals surface area contributed by atoms with Crippen molar-refractivity contribution in [3.05, 3.63) is 40.0 Å². The molecule has 16 heavy (non-hydrogen) atoms. The van der Waals surface area contributed by atoms with Gasteiger partial charge in [0.05, 0.1) is 10.0 Å². The summed E-state index contributed by atoms with van der Waals surface area (Å²) in [5, 5.41) is 4.62. The molecule has 1 aromatic carbocycles. The molecule has 2 rings (SSSR count). The summed E-state index contributed by atoms with van der Waals surface area (Å²) >= 11 is 11.6. The molecule has 84 valence electrons. The Hall–Kier alpha value is -1.39. The molecule has 0 atom stereocenters. The summed E-state index contributed by atoms with van der Waals surface area (Å²) < 4.78 is 10.1. The molecule has 2 N–H and O–H groups in total. The van der Waals surface area contributed by atoms with Crippen molar-refractivity contribution in [3.63, 3.8) is 0 Å². The van der Waals surface area contributed by atoms with E-state index in [9.17, 15) is 0 Å². The van der Waals surface area contributed by atoms with Crippen LogP contribution in [0.25, 0.3) is 0 Å². The Bertz CT molecular complexity index is 499. The van der Waals surface area contributed by atoms with E-state index in [2.05, 4.69) is 5.16 Å². The third kappa shape index (κ3) is 2.59. The summed E-state index contributed by atoms with van der Waals surface area (Å²) in [6, 6.07) is 6.61. The second-order valence-corrected chi connectivity index (χ2v) is 3.90. The van der Waals surface area contributed by atoms with Crippen LogP contribution >= 0.6 is 23.2 Å². The zero-order valence-electron chi connectivity index (χ0n) is 8.11. The van der Waals surface area contributed by atoms with Crippen molar-refractivity contribution in [2.45, 2.75) is 6.61 Å². The van der Waals surface area contributed by atoms with Gasteiger partial charge in [-0.05, 0) is 12.1 Å². The highest BCUT2D eigenvalue weighted by Crippen LogP contribution is 2.26. The van der Waals surface area contributed by atoms with Gasteiger partial charge in [-0.15, -0.1) is 0 Å². The molecule has 0 fully saturated rings. The largest absolute Gasteiger partial charge is 0.487 e. The van der Waals surface area contributed by atoms with Crippen molar-refractivity contribution in [2.24, 2.45) is 0 Å². The Labute approximate surface area is 102 Å². The van der Waals surface area contributed by atoms with Gasteiger partial charge in [0.15, 0.2) is 0 Å². The number of nitrogens with zero attached hydrogens (tertiary/aromatic N) is 1. The minimum absolute atomic E-state index is 0.257. The number of ether oxygens (including phenoxy) is 1. The summed E-state index contributed by atoms with van der Waals surface area (Å²) in [6.45, 7) is 0.263. The molecule has 0 aliphatic rings. The number of anilines is 1. The molecule has 6 heteroatoms. The predicted octanol–water partition coefficient (Wildman–Crippen LogP) is 3.14. The van der Waals surface area contributed by atoms with Gasteiger partial charge in [-0.2, -0.15) is 0 Å². The van der Waals surface area contributed by atoms with E-state index in [-0.39, 0.29) is 12.5 Å². The van der Waals surface area contributed by atoms with E-state index in [0.717, 1.165) is 0 Å². The zero-order chi connectivity index (χ0) is 11.5. The maximum Gasteiger partial charge on any atom is 0.222 e. The van der Waals surface area contributed by atoms with Crippen LogP contribution in [-0.2, 0) is 6.61 Å². The van der Waals surface area contributed by atoms with E-state index in [1.54, 1.807) is 24.3 Å². The maximum absolute atomic E-state index is 5.83. The van der Waals surface area contributed by atoms with Gasteiger partial charge in [0, 0.05) is 12.1 Å². The fourth-order valence-electron chi connectivity index (χ4n) is 1.12. The van der Waals surface area contributed by atoms with Crippen LogP contribution in [0.1, 0.15) is 5.69 Å². The fraction of sp³-hybridized carbons (Fsp3) is 0.100. The highest BCUT2D eigenvalue weighted by atomic mass is 35.5. The smallest absolute Gasteiger partial charge is 0.222 e. The molecule has 0 radical (unpaired) electrons. The fourth-order valence-corrected chi connectivity index (χ4v) is 1.41. The molecule has 4 nitrogen and oxygen atoms in total. The SMILES string of the molecule is Nc1cc(COc2ccc(Cl)c(Cl)c2)no1. The second-order valence-electron chi connectivity index (χ2n) is 3.09. The van der Waals surface area contributed by atoms with E-state index < -0.39 is 0 Å². The Morgan fingerprint density at radius 1 is 1.25 bits per heavy atom. The molecule has 0 unspecified atom stereocenters. The lowest BCUT2D eigenvalue weighted by Crippen LogP contribution is -1.95. The van der Waals surface area contributed by atoms with Crippen molar-refractivity contribution < 1.29 is 9.26 Å². The molecular weight excluding hydrogens is 251 g/mol. The number of hydrogen-bond donors (Lipinski definition) is 1. The van der Waals surface area contributed by atoms with Crippen LogP contribution in [0.3, 0.4) is 0 Å². The highest BCUT2D eigenvalue weighted by Gasteiger charge is 2.03. The van der Waals surface area contributed by atoms with Gasteiger partial charge in [0.25, 0.3) is 0 Å². The van der Waals surface area contributed by atoms with Crippen LogP contribution in [0.5, 0.6) is 5.75 Å². The first-order chi connectivity index (χ1) is 7.65. The van der Waals surface area contributed by atoms with E-state index in [4.69, 9.17) is 38.2 Å². The molecule has 1 aromatic heterocycles. The lowest BCUT2D eigenvalue weighted by Gasteiger charge is -2.04. The standard InChI is InChI=1S/C10H8Cl2N2O2/c11-8-2-1-7(4-9(8)12)15-5-6-3-10(13)16-14-6/h1-4H,5,13H2. The van der Waals surface area contributed by atoms with E-state index in [1.165, 1.54) is 0 Å². The number of nitrogens with two attached hydrogens (primary N) is 1. The topological polar surface area (TPSA) is 61.3 Å². The summed E-state index contributed by atoms with van der Waals surface area (Å²) in [6.07, 6.45) is 0. The molecule has 0 bridgehead atoms. The lowest BCUT2D eigenvalue weighted by atomic mass is 10.3. The van der Waals surface area contributed by atoms with E-state index >= 15 is 0 Å². The van der Waals surface area contributed by atoms with Crippen molar-refractivity contribution in [1.29, 1.82) is 0 Å². The van der Waals surface area contributed by atoms with Crippen LogP contribution in [0.15, 0.2) is 28.8 Å². The molecule has 2 aromatic rings. The van der Waals surface area contributed by atoms with E-state index in [1.807, 2.05) is 0 Å². The van der Waals surface area contributed by atoms with Crippen molar-refractivity contribution in [3.8, 4) is 5.75 Å². The molecule has 0 spiro atoms. The first-order valence-corrected chi connectivity index (χ1v) is 5.19. The Morgan fingerprint density at radius 3 is 2.69 bits per heavy atom. The summed E-state index contributed by atoms with van der Waals surface area (Å²) in [7, 11) is 0. The Kier molecular flexibility index (Phi) is 3.22. The lowest BCUT2D eigenvalue weighted by molar-refractivity contribution is 0.290. The third-order valence-electron chi connectivity index (χ3n) is 1.85. The van der Waals surface area contributed by atoms with Gasteiger partial charge in [-0.3, -0.25) is 0 Å². The monoisotopic (exact) mass is 258 g/mol. The van der Waals surface area contributed by atoms with Crippen molar-refractivity contribution in [1.82, 2.24) is 5.16 Å². The van der Waals surface area contributed by atoms with Gasteiger partial charge in [0.1, 0.15) is 18.1 Å². The molecule has 0 aliphatic carbocycles. The van der Waals surface area contributed by atoms with Gasteiger partial charge in [0.2, 0.25) is 5.88 Å². The average molecular weight is 259 g/mol. The number of benzene rings is 1. The van der Waals surface area contributed by atoms with E-state index in [0.29, 0.717) is 21.5 Å². The van der Waals surface area contributed by atoms with Crippen LogP contribution < -0.4 is 10.5 Å². The average Bonchev–Trinajstić information content (AvgIpc) is 2.66. The summed E-state index contributed by atoms with van der Waals surface area (Å²) in [5.74, 6) is 0.865. The zero-order valence-corrected chi connectivity index (χ0v) is 9.63. The molecule has 0 aliphatic heterocycles. The molecule has 0 amide bonds. The number of nitrogen functional groups attached to an aromatic ring is 1. The highest BCUT2D eigenvalue weighted by molar-refractivity contribution is 6.42. The van der Waals surface area contributed by atoms with Crippen LogP contribution in [0.2, 0.25) is 10.0 Å². The first kappa shape index (κ1) is 11.1. The summed E-state index contributed by atoms with van der Waals surface area (Å²) in [5.41, 5.74) is 5.98. The number of hydrogen-bond acceptors (Lipinski definition) is 4. The number of halogens is 2. The number of aromatic nitrogens is 1. The molecule has 1 heterocycles. The van der Waals surface area contributed by atoms with Crippen molar-refractivity contribution in [2.75, 3.05) is 5.73 Å². The molecule has 0 saturated carbocycles. The predicted molar refractivity (Wildman–Crippen MR) is 61.7 cm³/mol. The van der Waals surface area contributed by atoms with Crippen LogP contribution in [-0.4, -0.2) is 5.16 Å². The van der Waals surface area contributed by atoms with Gasteiger partial charge in [-0.1, -0.05) is 28.4 Å². The number of rotatable bonds is 3. The minimum Gasteiger partial charge on any atom is -0.487 e. The summed E-state index contributed by atoms with van der Waals surface area (Å²) in [4.78, 5) is 0. The normalized spacial score (nSPS) is 10.4. The van der Waals surface area contributed by atoms with Gasteiger partial charge < -0.3 is 15.0 Å². The van der Waals surface area contributed by atoms with Gasteiger partial charge in [-0.25, -0.2) is 0 Å². The van der Waals surface area contributed by atoms with Crippen LogP contribution in [0, 0.1) is 0 Å². The van der Waals surface area contributed by atoms with Crippen LogP contribution in [0.4, 0.5) is 5.88 Å². The second kappa shape index (κ2) is 4.63.